The largest absolute Gasteiger partial charge is 0.298 e. The lowest BCUT2D eigenvalue weighted by atomic mass is 10.0. The van der Waals surface area contributed by atoms with E-state index in [0.29, 0.717) is 169 Å². The third-order valence-electron chi connectivity index (χ3n) is 30.6. The van der Waals surface area contributed by atoms with Crippen LogP contribution in [0.5, 0.6) is 0 Å². The van der Waals surface area contributed by atoms with Crippen molar-refractivity contribution >= 4 is 0 Å². The molecule has 18 heteroatoms. The van der Waals surface area contributed by atoms with E-state index < -0.39 is 0 Å². The molecule has 18 nitrogen and oxygen atoms in total. The van der Waals surface area contributed by atoms with Crippen LogP contribution in [-0.2, 0) is 0 Å². The highest BCUT2D eigenvalue weighted by molar-refractivity contribution is 5.02. The average Bonchev–Trinajstić information content (AvgIpc) is 1.63. The van der Waals surface area contributed by atoms with Crippen LogP contribution < -0.4 is 0 Å². The Bertz CT molecular complexity index is 2330. The zero-order valence-corrected chi connectivity index (χ0v) is 92.5. The average molecular weight is 1740 g/mol. The molecular formula is C105H226N18. The Labute approximate surface area is 772 Å². The Morgan fingerprint density at radius 2 is 0.285 bits per heavy atom. The lowest BCUT2D eigenvalue weighted by Crippen LogP contribution is -2.60. The summed E-state index contributed by atoms with van der Waals surface area (Å²) >= 11 is 0. The Hall–Kier alpha value is -0.720. The number of hydrogen-bond acceptors (Lipinski definition) is 18. The number of rotatable bonds is 18. The first kappa shape index (κ1) is 118. The summed E-state index contributed by atoms with van der Waals surface area (Å²) in [4.78, 5) is 47.1. The molecule has 2 bridgehead atoms. The van der Waals surface area contributed by atoms with Gasteiger partial charge in [0.15, 0.2) is 0 Å². The molecule has 0 aromatic rings. The van der Waals surface area contributed by atoms with E-state index in [2.05, 4.69) is 434 Å². The smallest absolute Gasteiger partial charge is 0.0242 e. The molecule has 0 amide bonds. The van der Waals surface area contributed by atoms with Crippen LogP contribution in [0, 0.1) is 0 Å². The maximum absolute atomic E-state index is 2.67. The van der Waals surface area contributed by atoms with Gasteiger partial charge in [0.2, 0.25) is 0 Å². The zero-order valence-electron chi connectivity index (χ0n) is 92.5. The fraction of sp³-hybridized carbons (Fsp3) is 1.00. The van der Waals surface area contributed by atoms with Crippen molar-refractivity contribution in [1.82, 2.24) is 88.2 Å². The van der Waals surface area contributed by atoms with Crippen LogP contribution >= 0.6 is 0 Å². The van der Waals surface area contributed by atoms with Gasteiger partial charge in [0.05, 0.1) is 0 Å². The van der Waals surface area contributed by atoms with Crippen LogP contribution in [0.25, 0.3) is 0 Å². The lowest BCUT2D eigenvalue weighted by Gasteiger charge is -2.48. The van der Waals surface area contributed by atoms with Crippen molar-refractivity contribution in [2.45, 2.75) is 558 Å². The summed E-state index contributed by atoms with van der Waals surface area (Å²) in [5.74, 6) is 0. The first-order valence-corrected chi connectivity index (χ1v) is 52.4. The molecule has 0 saturated carbocycles. The minimum Gasteiger partial charge on any atom is -0.298 e. The maximum atomic E-state index is 2.67. The highest BCUT2D eigenvalue weighted by Gasteiger charge is 2.45. The highest BCUT2D eigenvalue weighted by atomic mass is 15.4. The molecule has 0 radical (unpaired) electrons. The van der Waals surface area contributed by atoms with Crippen LogP contribution in [0.3, 0.4) is 0 Å². The standard InChI is InChI=1S/6C12H26N2.C11H22N2.2C11H24N2/c4*1-9(2)13-7-11(5)14(10(3)4)12(6)8-13;2*1-9(2)13-7-8-14(10(3)4)12(6)11(13)5;1-8(2)12-6-11-5-10(12)7-13(11)9(3)4;2*1-9(2)12-6-7-13(10(3)4)11(5)8-12/h6*9-12H,7-8H2,1-6H3;8-11H,5-7H2,1-4H3;2*9-11H,6-8H2,1-5H3/t2*11-,12+;2*11-,12-;11-,12+;11-,12-;10-,11-;2*11-/m..10.0010/s1. The molecular weight excluding hydrogens is 1510 g/mol. The molecule has 0 unspecified atom stereocenters. The van der Waals surface area contributed by atoms with E-state index in [9.17, 15) is 0 Å². The molecule has 0 aromatic carbocycles. The van der Waals surface area contributed by atoms with Crippen molar-refractivity contribution in [3.05, 3.63) is 0 Å². The fourth-order valence-corrected chi connectivity index (χ4v) is 24.0. The van der Waals surface area contributed by atoms with Crippen LogP contribution in [0.1, 0.15) is 353 Å². The van der Waals surface area contributed by atoms with Crippen molar-refractivity contribution in [1.29, 1.82) is 0 Å². The van der Waals surface area contributed by atoms with Gasteiger partial charge in [0, 0.05) is 336 Å². The number of piperazine rings is 9. The van der Waals surface area contributed by atoms with Crippen molar-refractivity contribution in [3.63, 3.8) is 0 Å². The molecule has 0 spiro atoms. The summed E-state index contributed by atoms with van der Waals surface area (Å²) in [6.45, 7) is 140. The van der Waals surface area contributed by atoms with Crippen molar-refractivity contribution in [2.24, 2.45) is 0 Å². The maximum Gasteiger partial charge on any atom is 0.0242 e. The van der Waals surface area contributed by atoms with Gasteiger partial charge in [0.1, 0.15) is 0 Å². The summed E-state index contributed by atoms with van der Waals surface area (Å²) in [6, 6.07) is 23.9. The van der Waals surface area contributed by atoms with E-state index in [1.165, 1.54) is 137 Å². The summed E-state index contributed by atoms with van der Waals surface area (Å²) in [5, 5.41) is 0. The minimum atomic E-state index is 0.675. The van der Waals surface area contributed by atoms with Gasteiger partial charge < -0.3 is 0 Å². The van der Waals surface area contributed by atoms with Gasteiger partial charge in [0.25, 0.3) is 0 Å². The van der Waals surface area contributed by atoms with E-state index in [0.717, 1.165) is 36.3 Å². The third kappa shape index (κ3) is 37.2. The third-order valence-corrected chi connectivity index (χ3v) is 30.6. The van der Waals surface area contributed by atoms with Crippen LogP contribution in [-0.4, -0.2) is 425 Å². The zero-order chi connectivity index (χ0) is 94.9. The van der Waals surface area contributed by atoms with Crippen LogP contribution in [0.4, 0.5) is 0 Å². The molecule has 0 N–H and O–H groups in total. The molecule has 123 heavy (non-hydrogen) atoms. The molecule has 10 aliphatic heterocycles. The number of likely N-dealkylation sites (tertiary alicyclic amines) is 2. The second-order valence-electron chi connectivity index (χ2n) is 46.1. The van der Waals surface area contributed by atoms with Gasteiger partial charge in [-0.1, -0.05) is 0 Å². The number of fused-ring (bicyclic) bond motifs is 2. The van der Waals surface area contributed by atoms with Gasteiger partial charge in [-0.25, -0.2) is 0 Å². The Morgan fingerprint density at radius 1 is 0.138 bits per heavy atom. The first-order valence-electron chi connectivity index (χ1n) is 52.4. The van der Waals surface area contributed by atoms with E-state index in [1.54, 1.807) is 0 Å². The van der Waals surface area contributed by atoms with Crippen molar-refractivity contribution in [3.8, 4) is 0 Å². The number of nitrogens with zero attached hydrogens (tertiary/aromatic N) is 18. The molecule has 736 valence electrons. The molecule has 10 heterocycles. The second kappa shape index (κ2) is 56.5. The fourth-order valence-electron chi connectivity index (χ4n) is 24.0. The SMILES string of the molecule is CC(C)N1CCN(C(C)C)[C@@H](C)C1.CC(C)N1CCN(C(C)C)[C@@H](C)[C@@H]1C.CC(C)N1CCN(C(C)C)[C@@H](C)[C@H]1C.CC(C)N1CCN(C(C)C)[C@H](C)C1.CC(C)N1C[C@@H](C)N(C(C)C)[C@@H](C)C1.CC(C)N1C[C@@H](C)N(C(C)C)[C@@H](C)C1.CC(C)N1C[C@@H](C)N(C(C)C)[C@H](C)C1.CC(C)N1C[C@@H]2C[C@H]1CN2C(C)C.CC(C)N1C[C@H](C)N(C(C)C)[C@@H](C)C1. The van der Waals surface area contributed by atoms with Gasteiger partial charge in [-0.05, 0) is 353 Å². The van der Waals surface area contributed by atoms with Crippen molar-refractivity contribution < 1.29 is 0 Å². The summed E-state index contributed by atoms with van der Waals surface area (Å²) in [7, 11) is 0. The Morgan fingerprint density at radius 3 is 0.407 bits per heavy atom. The monoisotopic (exact) mass is 1740 g/mol. The summed E-state index contributed by atoms with van der Waals surface area (Å²) < 4.78 is 0. The summed E-state index contributed by atoms with van der Waals surface area (Å²) in [6.07, 6.45) is 1.41. The molecule has 10 saturated heterocycles. The van der Waals surface area contributed by atoms with E-state index in [1.807, 2.05) is 0 Å². The van der Waals surface area contributed by atoms with E-state index in [-0.39, 0.29) is 0 Å². The normalized spacial score (nSPS) is 31.2. The van der Waals surface area contributed by atoms with Gasteiger partial charge in [-0.3, -0.25) is 88.2 Å². The van der Waals surface area contributed by atoms with Gasteiger partial charge >= 0.3 is 0 Å². The quantitative estimate of drug-likeness (QED) is 0.131. The summed E-state index contributed by atoms with van der Waals surface area (Å²) in [5.41, 5.74) is 0. The van der Waals surface area contributed by atoms with E-state index in [4.69, 9.17) is 0 Å². The Kier molecular flexibility index (Phi) is 54.3. The molecule has 16 atom stereocenters. The number of hydrogen-bond donors (Lipinski definition) is 0. The molecule has 0 aromatic heterocycles. The molecule has 0 aliphatic carbocycles. The van der Waals surface area contributed by atoms with E-state index >= 15 is 0 Å². The molecule has 10 aliphatic rings. The first-order chi connectivity index (χ1) is 56.7. The highest BCUT2D eigenvalue weighted by Crippen LogP contribution is 2.34. The topological polar surface area (TPSA) is 58.3 Å². The lowest BCUT2D eigenvalue weighted by molar-refractivity contribution is 0.00129. The van der Waals surface area contributed by atoms with Gasteiger partial charge in [-0.15, -0.1) is 0 Å². The van der Waals surface area contributed by atoms with Gasteiger partial charge in [-0.2, -0.15) is 0 Å². The molecule has 10 fully saturated rings. The predicted octanol–water partition coefficient (Wildman–Crippen LogP) is 18.4. The second-order valence-corrected chi connectivity index (χ2v) is 46.1. The minimum absolute atomic E-state index is 0.675. The molecule has 10 rings (SSSR count). The van der Waals surface area contributed by atoms with Crippen LogP contribution in [0.15, 0.2) is 0 Å². The Balaban J connectivity index is 0.000000469. The van der Waals surface area contributed by atoms with Crippen LogP contribution in [0.2, 0.25) is 0 Å². The van der Waals surface area contributed by atoms with Crippen molar-refractivity contribution in [2.75, 3.05) is 131 Å². The predicted molar refractivity (Wildman–Crippen MR) is 548 cm³/mol.